The highest BCUT2D eigenvalue weighted by Crippen LogP contribution is 2.14. The summed E-state index contributed by atoms with van der Waals surface area (Å²) in [5.41, 5.74) is 0.776. The molecule has 1 N–H and O–H groups in total. The number of amides is 2. The zero-order valence-corrected chi connectivity index (χ0v) is 15.0. The first-order valence-electron chi connectivity index (χ1n) is 7.90. The van der Waals surface area contributed by atoms with Crippen LogP contribution in [0, 0.1) is 0 Å². The molecule has 122 valence electrons. The number of halogens is 1. The van der Waals surface area contributed by atoms with Crippen LogP contribution in [0.15, 0.2) is 28.7 Å². The fourth-order valence-corrected chi connectivity index (χ4v) is 2.48. The quantitative estimate of drug-likeness (QED) is 0.709. The van der Waals surface area contributed by atoms with Gasteiger partial charge >= 0.3 is 0 Å². The van der Waals surface area contributed by atoms with Gasteiger partial charge in [0.1, 0.15) is 0 Å². The first-order chi connectivity index (χ1) is 10.6. The van der Waals surface area contributed by atoms with Crippen molar-refractivity contribution < 1.29 is 9.59 Å². The van der Waals surface area contributed by atoms with Gasteiger partial charge in [-0.3, -0.25) is 9.59 Å². The summed E-state index contributed by atoms with van der Waals surface area (Å²) in [7, 11) is 0. The Morgan fingerprint density at radius 2 is 1.64 bits per heavy atom. The number of hydrogen-bond acceptors (Lipinski definition) is 2. The number of anilines is 1. The lowest BCUT2D eigenvalue weighted by Gasteiger charge is -2.21. The largest absolute Gasteiger partial charge is 0.343 e. The minimum Gasteiger partial charge on any atom is -0.343 e. The van der Waals surface area contributed by atoms with E-state index >= 15 is 0 Å². The molecule has 22 heavy (non-hydrogen) atoms. The van der Waals surface area contributed by atoms with Crippen LogP contribution in [0.3, 0.4) is 0 Å². The van der Waals surface area contributed by atoms with Crippen LogP contribution in [0.5, 0.6) is 0 Å². The molecule has 0 unspecified atom stereocenters. The average Bonchev–Trinajstić information content (AvgIpc) is 2.49. The van der Waals surface area contributed by atoms with Crippen molar-refractivity contribution in [3.63, 3.8) is 0 Å². The van der Waals surface area contributed by atoms with Gasteiger partial charge in [-0.05, 0) is 43.5 Å². The molecule has 1 rings (SSSR count). The fraction of sp³-hybridized carbons (Fsp3) is 0.529. The zero-order chi connectivity index (χ0) is 16.4. The summed E-state index contributed by atoms with van der Waals surface area (Å²) in [6, 6.07) is 7.45. The van der Waals surface area contributed by atoms with E-state index in [1.54, 1.807) is 0 Å². The Kier molecular flexibility index (Phi) is 8.82. The Balaban J connectivity index is 2.31. The van der Waals surface area contributed by atoms with Gasteiger partial charge in [-0.25, -0.2) is 0 Å². The topological polar surface area (TPSA) is 49.4 Å². The molecule has 0 aliphatic carbocycles. The highest BCUT2D eigenvalue weighted by atomic mass is 79.9. The summed E-state index contributed by atoms with van der Waals surface area (Å²) >= 11 is 3.35. The lowest BCUT2D eigenvalue weighted by molar-refractivity contribution is -0.131. The van der Waals surface area contributed by atoms with Gasteiger partial charge in [-0.1, -0.05) is 29.8 Å². The van der Waals surface area contributed by atoms with Gasteiger partial charge in [0.2, 0.25) is 11.8 Å². The predicted molar refractivity (Wildman–Crippen MR) is 93.8 cm³/mol. The average molecular weight is 369 g/mol. The molecule has 0 atom stereocenters. The third kappa shape index (κ3) is 7.07. The van der Waals surface area contributed by atoms with E-state index in [9.17, 15) is 9.59 Å². The number of nitrogens with zero attached hydrogens (tertiary/aromatic N) is 1. The number of hydrogen-bond donors (Lipinski definition) is 1. The Labute approximate surface area is 141 Å². The van der Waals surface area contributed by atoms with Gasteiger partial charge in [0.15, 0.2) is 0 Å². The van der Waals surface area contributed by atoms with Gasteiger partial charge in [-0.2, -0.15) is 0 Å². The first kappa shape index (κ1) is 18.7. The maximum absolute atomic E-state index is 12.1. The number of carbonyl (C=O) groups is 2. The van der Waals surface area contributed by atoms with Crippen molar-refractivity contribution in [2.75, 3.05) is 18.4 Å². The highest BCUT2D eigenvalue weighted by molar-refractivity contribution is 9.10. The van der Waals surface area contributed by atoms with Crippen molar-refractivity contribution >= 4 is 33.4 Å². The molecule has 2 amide bonds. The van der Waals surface area contributed by atoms with Crippen molar-refractivity contribution in [1.29, 1.82) is 0 Å². The smallest absolute Gasteiger partial charge is 0.224 e. The molecule has 0 saturated heterocycles. The van der Waals surface area contributed by atoms with Crippen molar-refractivity contribution in [2.45, 2.75) is 46.0 Å². The van der Waals surface area contributed by atoms with Crippen molar-refractivity contribution in [2.24, 2.45) is 0 Å². The predicted octanol–water partition coefficient (Wildman–Crippen LogP) is 4.21. The van der Waals surface area contributed by atoms with Crippen LogP contribution < -0.4 is 5.32 Å². The summed E-state index contributed by atoms with van der Waals surface area (Å²) in [6.07, 6.45) is 3.33. The van der Waals surface area contributed by atoms with Gasteiger partial charge in [0.25, 0.3) is 0 Å². The Bertz CT molecular complexity index is 468. The molecule has 4 nitrogen and oxygen atoms in total. The molecule has 0 spiro atoms. The first-order valence-corrected chi connectivity index (χ1v) is 8.69. The molecule has 5 heteroatoms. The molecular weight excluding hydrogens is 344 g/mol. The SMILES string of the molecule is CCCN(CCC)C(=O)CCCC(=O)Nc1ccc(Br)cc1. The van der Waals surface area contributed by atoms with E-state index in [0.29, 0.717) is 19.3 Å². The highest BCUT2D eigenvalue weighted by Gasteiger charge is 2.12. The summed E-state index contributed by atoms with van der Waals surface area (Å²) < 4.78 is 0.975. The molecule has 0 aliphatic rings. The molecule has 0 radical (unpaired) electrons. The van der Waals surface area contributed by atoms with E-state index in [0.717, 1.165) is 36.1 Å². The second kappa shape index (κ2) is 10.4. The fourth-order valence-electron chi connectivity index (χ4n) is 2.22. The second-order valence-electron chi connectivity index (χ2n) is 5.29. The van der Waals surface area contributed by atoms with Gasteiger partial charge in [0.05, 0.1) is 0 Å². The van der Waals surface area contributed by atoms with Crippen molar-refractivity contribution in [3.05, 3.63) is 28.7 Å². The maximum atomic E-state index is 12.1. The summed E-state index contributed by atoms with van der Waals surface area (Å²) in [5, 5.41) is 2.84. The van der Waals surface area contributed by atoms with Crippen molar-refractivity contribution in [3.8, 4) is 0 Å². The van der Waals surface area contributed by atoms with Crippen molar-refractivity contribution in [1.82, 2.24) is 4.90 Å². The lowest BCUT2D eigenvalue weighted by atomic mass is 10.2. The summed E-state index contributed by atoms with van der Waals surface area (Å²) in [4.78, 5) is 25.8. The van der Waals surface area contributed by atoms with Crippen LogP contribution in [0.25, 0.3) is 0 Å². The standard InChI is InChI=1S/C17H25BrN2O2/c1-3-12-20(13-4-2)17(22)7-5-6-16(21)19-15-10-8-14(18)9-11-15/h8-11H,3-7,12-13H2,1-2H3,(H,19,21). The van der Waals surface area contributed by atoms with E-state index < -0.39 is 0 Å². The monoisotopic (exact) mass is 368 g/mol. The minimum absolute atomic E-state index is 0.0485. The van der Waals surface area contributed by atoms with Crippen LogP contribution in [0.1, 0.15) is 46.0 Å². The lowest BCUT2D eigenvalue weighted by Crippen LogP contribution is -2.32. The zero-order valence-electron chi connectivity index (χ0n) is 13.4. The summed E-state index contributed by atoms with van der Waals surface area (Å²) in [6.45, 7) is 5.75. The Morgan fingerprint density at radius 3 is 2.18 bits per heavy atom. The molecular formula is C17H25BrN2O2. The second-order valence-corrected chi connectivity index (χ2v) is 6.21. The molecule has 0 bridgehead atoms. The third-order valence-electron chi connectivity index (χ3n) is 3.26. The van der Waals surface area contributed by atoms with Crippen LogP contribution in [0.2, 0.25) is 0 Å². The van der Waals surface area contributed by atoms with E-state index in [4.69, 9.17) is 0 Å². The van der Waals surface area contributed by atoms with Crippen LogP contribution in [-0.4, -0.2) is 29.8 Å². The number of nitrogens with one attached hydrogen (secondary N) is 1. The van der Waals surface area contributed by atoms with E-state index in [1.165, 1.54) is 0 Å². The van der Waals surface area contributed by atoms with Gasteiger partial charge in [0, 0.05) is 36.1 Å². The number of rotatable bonds is 9. The van der Waals surface area contributed by atoms with E-state index in [-0.39, 0.29) is 11.8 Å². The van der Waals surface area contributed by atoms with Gasteiger partial charge in [-0.15, -0.1) is 0 Å². The van der Waals surface area contributed by atoms with E-state index in [2.05, 4.69) is 35.1 Å². The normalized spacial score (nSPS) is 10.3. The third-order valence-corrected chi connectivity index (χ3v) is 3.79. The molecule has 1 aromatic carbocycles. The maximum Gasteiger partial charge on any atom is 0.224 e. The van der Waals surface area contributed by atoms with Crippen LogP contribution >= 0.6 is 15.9 Å². The Morgan fingerprint density at radius 1 is 1.05 bits per heavy atom. The molecule has 1 aromatic rings. The molecule has 0 fully saturated rings. The number of benzene rings is 1. The molecule has 0 aliphatic heterocycles. The minimum atomic E-state index is -0.0485. The molecule has 0 heterocycles. The van der Waals surface area contributed by atoms with Crippen LogP contribution in [-0.2, 0) is 9.59 Å². The van der Waals surface area contributed by atoms with Gasteiger partial charge < -0.3 is 10.2 Å². The number of carbonyl (C=O) groups excluding carboxylic acids is 2. The molecule has 0 aromatic heterocycles. The Hall–Kier alpha value is -1.36. The molecule has 0 saturated carbocycles. The van der Waals surface area contributed by atoms with Crippen LogP contribution in [0.4, 0.5) is 5.69 Å². The summed E-state index contributed by atoms with van der Waals surface area (Å²) in [5.74, 6) is 0.104. The van der Waals surface area contributed by atoms with E-state index in [1.807, 2.05) is 29.2 Å².